The summed E-state index contributed by atoms with van der Waals surface area (Å²) in [7, 11) is 0. The SMILES string of the molecule is CC/C=C\C/C=C\C/C=C\C/C=C\C/C=C\CCCCCCCCCCCCCCCCCCCCCCCCCCCC(=O)NC(CO)C(O)/C=C/CCCCCCCCCCCCCCC. The van der Waals surface area contributed by atoms with Crippen LogP contribution in [0.3, 0.4) is 0 Å². The van der Waals surface area contributed by atoms with Gasteiger partial charge in [0.2, 0.25) is 5.91 Å². The lowest BCUT2D eigenvalue weighted by Crippen LogP contribution is -2.45. The minimum Gasteiger partial charge on any atom is -0.394 e. The molecule has 0 spiro atoms. The Labute approximate surface area is 425 Å². The Bertz CT molecular complexity index is 1170. The summed E-state index contributed by atoms with van der Waals surface area (Å²) in [6, 6.07) is -0.621. The summed E-state index contributed by atoms with van der Waals surface area (Å²) in [5.74, 6) is -0.0599. The summed E-state index contributed by atoms with van der Waals surface area (Å²) in [4.78, 5) is 12.5. The molecule has 2 unspecified atom stereocenters. The van der Waals surface area contributed by atoms with Crippen LogP contribution in [-0.2, 0) is 4.79 Å². The van der Waals surface area contributed by atoms with Crippen molar-refractivity contribution in [1.82, 2.24) is 5.32 Å². The highest BCUT2D eigenvalue weighted by Gasteiger charge is 2.18. The van der Waals surface area contributed by atoms with Gasteiger partial charge in [0.05, 0.1) is 18.8 Å². The first-order chi connectivity index (χ1) is 33.7. The van der Waals surface area contributed by atoms with Crippen LogP contribution in [0.4, 0.5) is 0 Å². The maximum Gasteiger partial charge on any atom is 0.220 e. The number of carbonyl (C=O) groups is 1. The lowest BCUT2D eigenvalue weighted by molar-refractivity contribution is -0.123. The van der Waals surface area contributed by atoms with Crippen molar-refractivity contribution in [2.45, 2.75) is 321 Å². The number of rotatable bonds is 55. The standard InChI is InChI=1S/C64H117NO3/c1-3-5-7-9-11-13-15-17-19-20-21-22-23-24-25-26-27-28-29-30-31-32-33-34-35-36-37-38-39-40-41-42-43-44-46-48-50-52-54-56-58-60-64(68)65-62(61-66)63(67)59-57-55-53-51-49-47-45-18-16-14-12-10-8-6-4-2/h5,7,11,13,17,19,21-22,24-25,57,59,62-63,66-67H,3-4,6,8-10,12,14-16,18,20,23,26-56,58,60-61H2,1-2H3,(H,65,68)/b7-5-,13-11-,19-17-,22-21-,25-24-,59-57+. The van der Waals surface area contributed by atoms with E-state index in [9.17, 15) is 15.0 Å². The van der Waals surface area contributed by atoms with Gasteiger partial charge in [-0.25, -0.2) is 0 Å². The molecule has 0 bridgehead atoms. The number of hydrogen-bond donors (Lipinski definition) is 3. The largest absolute Gasteiger partial charge is 0.394 e. The van der Waals surface area contributed by atoms with E-state index in [0.717, 1.165) is 57.8 Å². The predicted molar refractivity (Wildman–Crippen MR) is 304 cm³/mol. The third-order valence-electron chi connectivity index (χ3n) is 13.7. The second kappa shape index (κ2) is 59.1. The summed E-state index contributed by atoms with van der Waals surface area (Å²) in [5, 5.41) is 23.1. The van der Waals surface area contributed by atoms with Gasteiger partial charge in [-0.15, -0.1) is 0 Å². The molecule has 0 aliphatic heterocycles. The van der Waals surface area contributed by atoms with Crippen LogP contribution in [0.2, 0.25) is 0 Å². The van der Waals surface area contributed by atoms with Gasteiger partial charge in [0.15, 0.2) is 0 Å². The number of carbonyl (C=O) groups excluding carboxylic acids is 1. The molecule has 1 amide bonds. The molecule has 0 rings (SSSR count). The van der Waals surface area contributed by atoms with Crippen molar-refractivity contribution < 1.29 is 15.0 Å². The van der Waals surface area contributed by atoms with Crippen LogP contribution in [0, 0.1) is 0 Å². The van der Waals surface area contributed by atoms with Gasteiger partial charge in [-0.1, -0.05) is 311 Å². The van der Waals surface area contributed by atoms with Crippen molar-refractivity contribution in [1.29, 1.82) is 0 Å². The van der Waals surface area contributed by atoms with Crippen molar-refractivity contribution in [3.8, 4) is 0 Å². The minimum atomic E-state index is -0.838. The normalized spacial score (nSPS) is 13.3. The predicted octanol–water partition coefficient (Wildman–Crippen LogP) is 20.1. The van der Waals surface area contributed by atoms with E-state index in [2.05, 4.69) is 79.9 Å². The van der Waals surface area contributed by atoms with Gasteiger partial charge in [0.1, 0.15) is 0 Å². The maximum atomic E-state index is 12.5. The molecule has 4 nitrogen and oxygen atoms in total. The summed E-state index contributed by atoms with van der Waals surface area (Å²) in [6.45, 7) is 4.21. The molecule has 3 N–H and O–H groups in total. The number of hydrogen-bond acceptors (Lipinski definition) is 3. The molecule has 0 saturated heterocycles. The molecule has 4 heteroatoms. The highest BCUT2D eigenvalue weighted by atomic mass is 16.3. The molecule has 0 fully saturated rings. The van der Waals surface area contributed by atoms with Crippen LogP contribution in [0.1, 0.15) is 309 Å². The van der Waals surface area contributed by atoms with E-state index in [4.69, 9.17) is 0 Å². The third-order valence-corrected chi connectivity index (χ3v) is 13.7. The maximum absolute atomic E-state index is 12.5. The average Bonchev–Trinajstić information content (AvgIpc) is 3.34. The molecule has 0 saturated carbocycles. The van der Waals surface area contributed by atoms with Crippen LogP contribution in [0.5, 0.6) is 0 Å². The van der Waals surface area contributed by atoms with E-state index in [0.29, 0.717) is 6.42 Å². The Morgan fingerprint density at radius 1 is 0.368 bits per heavy atom. The smallest absolute Gasteiger partial charge is 0.220 e. The molecular weight excluding hydrogens is 831 g/mol. The van der Waals surface area contributed by atoms with Crippen LogP contribution in [0.15, 0.2) is 72.9 Å². The minimum absolute atomic E-state index is 0.0599. The van der Waals surface area contributed by atoms with Gasteiger partial charge in [-0.2, -0.15) is 0 Å². The van der Waals surface area contributed by atoms with E-state index in [1.165, 1.54) is 231 Å². The molecule has 0 aliphatic carbocycles. The summed E-state index contributed by atoms with van der Waals surface area (Å²) >= 11 is 0. The zero-order valence-corrected chi connectivity index (χ0v) is 45.6. The molecule has 0 aromatic rings. The Hall–Kier alpha value is -2.17. The van der Waals surface area contributed by atoms with Crippen molar-refractivity contribution >= 4 is 5.91 Å². The number of nitrogens with one attached hydrogen (secondary N) is 1. The highest BCUT2D eigenvalue weighted by molar-refractivity contribution is 5.76. The van der Waals surface area contributed by atoms with Gasteiger partial charge in [-0.3, -0.25) is 4.79 Å². The van der Waals surface area contributed by atoms with Crippen molar-refractivity contribution in [3.05, 3.63) is 72.9 Å². The number of aliphatic hydroxyl groups excluding tert-OH is 2. The molecule has 396 valence electrons. The number of unbranched alkanes of at least 4 members (excludes halogenated alkanes) is 38. The van der Waals surface area contributed by atoms with Crippen molar-refractivity contribution in [3.63, 3.8) is 0 Å². The van der Waals surface area contributed by atoms with Crippen LogP contribution in [-0.4, -0.2) is 34.9 Å². The first-order valence-corrected chi connectivity index (χ1v) is 30.2. The van der Waals surface area contributed by atoms with E-state index in [-0.39, 0.29) is 12.5 Å². The summed E-state index contributed by atoms with van der Waals surface area (Å²) < 4.78 is 0. The first kappa shape index (κ1) is 65.8. The quantitative estimate of drug-likeness (QED) is 0.0420. The Morgan fingerprint density at radius 2 is 0.647 bits per heavy atom. The molecule has 0 aliphatic rings. The molecule has 68 heavy (non-hydrogen) atoms. The Morgan fingerprint density at radius 3 is 0.971 bits per heavy atom. The summed E-state index contributed by atoms with van der Waals surface area (Å²) in [5.41, 5.74) is 0. The zero-order chi connectivity index (χ0) is 49.2. The van der Waals surface area contributed by atoms with Gasteiger partial charge < -0.3 is 15.5 Å². The summed E-state index contributed by atoms with van der Waals surface area (Å²) in [6.07, 6.45) is 85.2. The lowest BCUT2D eigenvalue weighted by Gasteiger charge is -2.20. The van der Waals surface area contributed by atoms with Gasteiger partial charge in [0.25, 0.3) is 0 Å². The second-order valence-electron chi connectivity index (χ2n) is 20.4. The lowest BCUT2D eigenvalue weighted by atomic mass is 10.0. The van der Waals surface area contributed by atoms with E-state index >= 15 is 0 Å². The van der Waals surface area contributed by atoms with Crippen molar-refractivity contribution in [2.75, 3.05) is 6.61 Å². The fourth-order valence-electron chi connectivity index (χ4n) is 9.15. The molecular formula is C64H117NO3. The van der Waals surface area contributed by atoms with Crippen LogP contribution < -0.4 is 5.32 Å². The molecule has 0 aromatic carbocycles. The molecule has 0 heterocycles. The zero-order valence-electron chi connectivity index (χ0n) is 45.6. The van der Waals surface area contributed by atoms with Crippen LogP contribution in [0.25, 0.3) is 0 Å². The van der Waals surface area contributed by atoms with Crippen LogP contribution >= 0.6 is 0 Å². The number of allylic oxidation sites excluding steroid dienone is 11. The molecule has 0 radical (unpaired) electrons. The third kappa shape index (κ3) is 54.8. The van der Waals surface area contributed by atoms with E-state index in [1.54, 1.807) is 6.08 Å². The Kier molecular flexibility index (Phi) is 57.3. The monoisotopic (exact) mass is 948 g/mol. The first-order valence-electron chi connectivity index (χ1n) is 30.2. The van der Waals surface area contributed by atoms with E-state index in [1.807, 2.05) is 6.08 Å². The van der Waals surface area contributed by atoms with E-state index < -0.39 is 12.1 Å². The molecule has 0 aromatic heterocycles. The Balaban J connectivity index is 3.41. The fraction of sp³-hybridized carbons (Fsp3) is 0.797. The van der Waals surface area contributed by atoms with Gasteiger partial charge >= 0.3 is 0 Å². The fourth-order valence-corrected chi connectivity index (χ4v) is 9.15. The molecule has 2 atom stereocenters. The highest BCUT2D eigenvalue weighted by Crippen LogP contribution is 2.17. The topological polar surface area (TPSA) is 69.6 Å². The average molecular weight is 949 g/mol. The second-order valence-corrected chi connectivity index (χ2v) is 20.4. The number of aliphatic hydroxyl groups is 2. The van der Waals surface area contributed by atoms with Gasteiger partial charge in [0, 0.05) is 6.42 Å². The van der Waals surface area contributed by atoms with Gasteiger partial charge in [-0.05, 0) is 64.2 Å². The van der Waals surface area contributed by atoms with Crippen molar-refractivity contribution in [2.24, 2.45) is 0 Å². The number of amides is 1.